The van der Waals surface area contributed by atoms with Gasteiger partial charge in [0.05, 0.1) is 12.6 Å². The van der Waals surface area contributed by atoms with Crippen LogP contribution in [-0.4, -0.2) is 37.4 Å². The molecule has 0 bridgehead atoms. The molecule has 1 aliphatic heterocycles. The highest BCUT2D eigenvalue weighted by atomic mass is 19.1. The minimum Gasteiger partial charge on any atom is -0.394 e. The van der Waals surface area contributed by atoms with Gasteiger partial charge in [-0.3, -0.25) is 0 Å². The molecule has 1 aliphatic rings. The third-order valence-electron chi connectivity index (χ3n) is 3.17. The number of rotatable bonds is 2. The third kappa shape index (κ3) is 2.96. The van der Waals surface area contributed by atoms with Gasteiger partial charge < -0.3 is 15.3 Å². The molecular weight excluding hydrogens is 219 g/mol. The van der Waals surface area contributed by atoms with Crippen LogP contribution in [0.2, 0.25) is 0 Å². The largest absolute Gasteiger partial charge is 0.394 e. The number of benzene rings is 1. The fourth-order valence-corrected chi connectivity index (χ4v) is 2.29. The molecule has 17 heavy (non-hydrogen) atoms. The molecule has 3 nitrogen and oxygen atoms in total. The van der Waals surface area contributed by atoms with Crippen molar-refractivity contribution in [1.29, 1.82) is 0 Å². The van der Waals surface area contributed by atoms with E-state index in [0.717, 1.165) is 25.3 Å². The molecule has 0 aliphatic carbocycles. The maximum absolute atomic E-state index is 13.2. The van der Waals surface area contributed by atoms with Crippen LogP contribution in [0.3, 0.4) is 0 Å². The summed E-state index contributed by atoms with van der Waals surface area (Å²) in [5.74, 6) is 0.249. The van der Waals surface area contributed by atoms with E-state index in [1.165, 1.54) is 12.1 Å². The van der Waals surface area contributed by atoms with Crippen LogP contribution in [0.4, 0.5) is 10.1 Å². The number of anilines is 1. The van der Waals surface area contributed by atoms with Gasteiger partial charge in [-0.1, -0.05) is 13.0 Å². The molecule has 1 saturated heterocycles. The first-order valence-electron chi connectivity index (χ1n) is 6.04. The average Bonchev–Trinajstić information content (AvgIpc) is 2.50. The van der Waals surface area contributed by atoms with E-state index in [1.54, 1.807) is 6.07 Å². The summed E-state index contributed by atoms with van der Waals surface area (Å²) in [7, 11) is 0. The lowest BCUT2D eigenvalue weighted by Gasteiger charge is -2.31. The smallest absolute Gasteiger partial charge is 0.125 e. The SMILES string of the molecule is CC1CNCC(CO)N(c2cccc(F)c2)C1. The number of aliphatic hydroxyl groups excluding tert-OH is 1. The van der Waals surface area contributed by atoms with Crippen LogP contribution in [0.1, 0.15) is 6.92 Å². The van der Waals surface area contributed by atoms with Crippen LogP contribution in [0.5, 0.6) is 0 Å². The van der Waals surface area contributed by atoms with Crippen molar-refractivity contribution in [2.75, 3.05) is 31.1 Å². The predicted octanol–water partition coefficient (Wildman–Crippen LogP) is 1.23. The fourth-order valence-electron chi connectivity index (χ4n) is 2.29. The molecule has 4 heteroatoms. The van der Waals surface area contributed by atoms with Gasteiger partial charge in [-0.05, 0) is 30.7 Å². The summed E-state index contributed by atoms with van der Waals surface area (Å²) in [5.41, 5.74) is 0.847. The first kappa shape index (κ1) is 12.3. The lowest BCUT2D eigenvalue weighted by molar-refractivity contribution is 0.259. The van der Waals surface area contributed by atoms with Crippen molar-refractivity contribution in [3.63, 3.8) is 0 Å². The van der Waals surface area contributed by atoms with E-state index in [0.29, 0.717) is 5.92 Å². The Hall–Kier alpha value is -1.13. The Morgan fingerprint density at radius 3 is 3.00 bits per heavy atom. The van der Waals surface area contributed by atoms with E-state index >= 15 is 0 Å². The summed E-state index contributed by atoms with van der Waals surface area (Å²) in [6.45, 7) is 4.73. The summed E-state index contributed by atoms with van der Waals surface area (Å²) in [4.78, 5) is 2.09. The number of halogens is 1. The zero-order valence-corrected chi connectivity index (χ0v) is 10.1. The average molecular weight is 238 g/mol. The Labute approximate surface area is 101 Å². The lowest BCUT2D eigenvalue weighted by atomic mass is 10.1. The molecule has 0 spiro atoms. The molecule has 2 N–H and O–H groups in total. The topological polar surface area (TPSA) is 35.5 Å². The van der Waals surface area contributed by atoms with Gasteiger partial charge in [-0.15, -0.1) is 0 Å². The second-order valence-electron chi connectivity index (χ2n) is 4.73. The van der Waals surface area contributed by atoms with E-state index in [1.807, 2.05) is 6.07 Å². The summed E-state index contributed by atoms with van der Waals surface area (Å²) in [6, 6.07) is 6.59. The molecule has 0 saturated carbocycles. The van der Waals surface area contributed by atoms with Crippen molar-refractivity contribution < 1.29 is 9.50 Å². The van der Waals surface area contributed by atoms with Gasteiger partial charge in [0.15, 0.2) is 0 Å². The minimum absolute atomic E-state index is 0.0155. The van der Waals surface area contributed by atoms with Crippen LogP contribution in [0.15, 0.2) is 24.3 Å². The number of aliphatic hydroxyl groups is 1. The molecule has 0 radical (unpaired) electrons. The van der Waals surface area contributed by atoms with Crippen LogP contribution in [0.25, 0.3) is 0 Å². The Morgan fingerprint density at radius 2 is 2.29 bits per heavy atom. The van der Waals surface area contributed by atoms with E-state index < -0.39 is 0 Å². The van der Waals surface area contributed by atoms with E-state index in [4.69, 9.17) is 0 Å². The van der Waals surface area contributed by atoms with Crippen molar-refractivity contribution >= 4 is 5.69 Å². The first-order valence-corrected chi connectivity index (χ1v) is 6.04. The first-order chi connectivity index (χ1) is 8.20. The monoisotopic (exact) mass is 238 g/mol. The Bertz CT molecular complexity index is 372. The standard InChI is InChI=1S/C13H19FN2O/c1-10-6-15-7-13(9-17)16(8-10)12-4-2-3-11(14)5-12/h2-5,10,13,15,17H,6-9H2,1H3. The molecule has 2 unspecified atom stereocenters. The van der Waals surface area contributed by atoms with Crippen LogP contribution in [0, 0.1) is 11.7 Å². The molecule has 1 fully saturated rings. The van der Waals surface area contributed by atoms with E-state index in [9.17, 15) is 9.50 Å². The summed E-state index contributed by atoms with van der Waals surface area (Å²) < 4.78 is 13.2. The normalized spacial score (nSPS) is 25.7. The van der Waals surface area contributed by atoms with Crippen molar-refractivity contribution in [2.24, 2.45) is 5.92 Å². The van der Waals surface area contributed by atoms with Gasteiger partial charge in [0.25, 0.3) is 0 Å². The van der Waals surface area contributed by atoms with Gasteiger partial charge in [-0.25, -0.2) is 4.39 Å². The van der Waals surface area contributed by atoms with Gasteiger partial charge in [0, 0.05) is 18.8 Å². The van der Waals surface area contributed by atoms with Gasteiger partial charge in [-0.2, -0.15) is 0 Å². The molecule has 1 aromatic carbocycles. The number of nitrogens with one attached hydrogen (secondary N) is 1. The summed E-state index contributed by atoms with van der Waals surface area (Å²) in [5, 5.41) is 12.7. The highest BCUT2D eigenvalue weighted by molar-refractivity contribution is 5.48. The van der Waals surface area contributed by atoms with E-state index in [-0.39, 0.29) is 18.5 Å². The zero-order valence-electron chi connectivity index (χ0n) is 10.1. The van der Waals surface area contributed by atoms with Crippen LogP contribution in [-0.2, 0) is 0 Å². The second-order valence-corrected chi connectivity index (χ2v) is 4.73. The molecule has 2 atom stereocenters. The summed E-state index contributed by atoms with van der Waals surface area (Å²) in [6.07, 6.45) is 0. The lowest BCUT2D eigenvalue weighted by Crippen LogP contribution is -2.42. The fraction of sp³-hybridized carbons (Fsp3) is 0.538. The van der Waals surface area contributed by atoms with E-state index in [2.05, 4.69) is 17.1 Å². The van der Waals surface area contributed by atoms with Gasteiger partial charge >= 0.3 is 0 Å². The highest BCUT2D eigenvalue weighted by Crippen LogP contribution is 2.21. The van der Waals surface area contributed by atoms with Gasteiger partial charge in [0.2, 0.25) is 0 Å². The Kier molecular flexibility index (Phi) is 3.97. The van der Waals surface area contributed by atoms with Crippen molar-refractivity contribution in [1.82, 2.24) is 5.32 Å². The van der Waals surface area contributed by atoms with Gasteiger partial charge in [0.1, 0.15) is 5.82 Å². The minimum atomic E-state index is -0.232. The van der Waals surface area contributed by atoms with Crippen molar-refractivity contribution in [3.8, 4) is 0 Å². The summed E-state index contributed by atoms with van der Waals surface area (Å²) >= 11 is 0. The molecule has 0 aromatic heterocycles. The van der Waals surface area contributed by atoms with Crippen LogP contribution >= 0.6 is 0 Å². The van der Waals surface area contributed by atoms with Crippen LogP contribution < -0.4 is 10.2 Å². The number of hydrogen-bond acceptors (Lipinski definition) is 3. The Morgan fingerprint density at radius 1 is 1.47 bits per heavy atom. The number of nitrogens with zero attached hydrogens (tertiary/aromatic N) is 1. The molecule has 2 rings (SSSR count). The second kappa shape index (κ2) is 5.47. The Balaban J connectivity index is 2.25. The number of hydrogen-bond donors (Lipinski definition) is 2. The van der Waals surface area contributed by atoms with Crippen molar-refractivity contribution in [2.45, 2.75) is 13.0 Å². The predicted molar refractivity (Wildman–Crippen MR) is 66.7 cm³/mol. The molecule has 1 aromatic rings. The highest BCUT2D eigenvalue weighted by Gasteiger charge is 2.23. The van der Waals surface area contributed by atoms with Crippen molar-refractivity contribution in [3.05, 3.63) is 30.1 Å². The quantitative estimate of drug-likeness (QED) is 0.813. The molecular formula is C13H19FN2O. The maximum Gasteiger partial charge on any atom is 0.125 e. The molecule has 94 valence electrons. The maximum atomic E-state index is 13.2. The molecule has 1 heterocycles. The third-order valence-corrected chi connectivity index (χ3v) is 3.17. The molecule has 0 amide bonds. The zero-order chi connectivity index (χ0) is 12.3.